The summed E-state index contributed by atoms with van der Waals surface area (Å²) < 4.78 is 14.6. The Morgan fingerprint density at radius 3 is 1.93 bits per heavy atom. The van der Waals surface area contributed by atoms with Crippen molar-refractivity contribution in [3.8, 4) is 0 Å². The SMILES string of the molecule is Cn1cc(C(=O)OCc2ccc(Br)cc2COC(=O)c2cnn(C)c2)cn1. The Morgan fingerprint density at radius 2 is 1.44 bits per heavy atom. The monoisotopic (exact) mass is 432 g/mol. The van der Waals surface area contributed by atoms with Crippen LogP contribution < -0.4 is 0 Å². The fourth-order valence-electron chi connectivity index (χ4n) is 2.38. The second-order valence-electron chi connectivity index (χ2n) is 5.87. The second-order valence-corrected chi connectivity index (χ2v) is 6.79. The van der Waals surface area contributed by atoms with Crippen LogP contribution in [0.15, 0.2) is 47.5 Å². The predicted molar refractivity (Wildman–Crippen MR) is 98.8 cm³/mol. The van der Waals surface area contributed by atoms with Crippen LogP contribution in [0.3, 0.4) is 0 Å². The number of carbonyl (C=O) groups is 2. The van der Waals surface area contributed by atoms with E-state index < -0.39 is 11.9 Å². The largest absolute Gasteiger partial charge is 0.457 e. The number of carbonyl (C=O) groups excluding carboxylic acids is 2. The van der Waals surface area contributed by atoms with E-state index >= 15 is 0 Å². The normalized spacial score (nSPS) is 10.6. The molecule has 0 aliphatic carbocycles. The molecule has 0 bridgehead atoms. The number of aryl methyl sites for hydroxylation is 2. The molecule has 0 fully saturated rings. The molecule has 0 radical (unpaired) electrons. The highest BCUT2D eigenvalue weighted by molar-refractivity contribution is 9.10. The summed E-state index contributed by atoms with van der Waals surface area (Å²) in [5.74, 6) is -0.939. The standard InChI is InChI=1S/C18H17BrN4O4/c1-22-8-14(6-20-22)17(24)26-10-12-3-4-16(19)5-13(12)11-27-18(25)15-7-21-23(2)9-15/h3-9H,10-11H2,1-2H3. The Balaban J connectivity index is 1.65. The number of ether oxygens (including phenoxy) is 2. The Hall–Kier alpha value is -2.94. The minimum Gasteiger partial charge on any atom is -0.457 e. The molecule has 1 aromatic carbocycles. The highest BCUT2D eigenvalue weighted by Gasteiger charge is 2.14. The first-order valence-corrected chi connectivity index (χ1v) is 8.80. The van der Waals surface area contributed by atoms with Crippen molar-refractivity contribution >= 4 is 27.9 Å². The van der Waals surface area contributed by atoms with Crippen LogP contribution in [-0.4, -0.2) is 31.5 Å². The van der Waals surface area contributed by atoms with Crippen molar-refractivity contribution in [2.75, 3.05) is 0 Å². The van der Waals surface area contributed by atoms with Crippen LogP contribution in [0.2, 0.25) is 0 Å². The number of hydrogen-bond acceptors (Lipinski definition) is 6. The van der Waals surface area contributed by atoms with Crippen molar-refractivity contribution in [2.45, 2.75) is 13.2 Å². The summed E-state index contributed by atoms with van der Waals surface area (Å²) in [4.78, 5) is 24.2. The van der Waals surface area contributed by atoms with Crippen LogP contribution >= 0.6 is 15.9 Å². The van der Waals surface area contributed by atoms with Crippen molar-refractivity contribution in [1.82, 2.24) is 19.6 Å². The summed E-state index contributed by atoms with van der Waals surface area (Å²) in [6, 6.07) is 5.47. The zero-order chi connectivity index (χ0) is 19.4. The van der Waals surface area contributed by atoms with Crippen molar-refractivity contribution < 1.29 is 19.1 Å². The molecule has 0 aliphatic rings. The first kappa shape index (κ1) is 18.8. The lowest BCUT2D eigenvalue weighted by Gasteiger charge is -2.11. The Labute approximate surface area is 163 Å². The summed E-state index contributed by atoms with van der Waals surface area (Å²) in [6.45, 7) is 0.105. The van der Waals surface area contributed by atoms with Gasteiger partial charge in [0, 0.05) is 31.0 Å². The zero-order valence-electron chi connectivity index (χ0n) is 14.8. The summed E-state index contributed by atoms with van der Waals surface area (Å²) in [6.07, 6.45) is 6.06. The highest BCUT2D eigenvalue weighted by Crippen LogP contribution is 2.19. The maximum absolute atomic E-state index is 12.1. The van der Waals surface area contributed by atoms with Crippen LogP contribution in [0.4, 0.5) is 0 Å². The van der Waals surface area contributed by atoms with Crippen molar-refractivity contribution in [1.29, 1.82) is 0 Å². The van der Waals surface area contributed by atoms with E-state index in [1.165, 1.54) is 21.8 Å². The van der Waals surface area contributed by atoms with Crippen molar-refractivity contribution in [3.63, 3.8) is 0 Å². The second kappa shape index (κ2) is 8.17. The number of rotatable bonds is 6. The van der Waals surface area contributed by atoms with Crippen LogP contribution in [0.1, 0.15) is 31.8 Å². The van der Waals surface area contributed by atoms with Gasteiger partial charge < -0.3 is 9.47 Å². The molecule has 2 heterocycles. The molecule has 3 rings (SSSR count). The van der Waals surface area contributed by atoms with Crippen LogP contribution in [-0.2, 0) is 36.8 Å². The number of esters is 2. The molecule has 0 spiro atoms. The molecule has 27 heavy (non-hydrogen) atoms. The van der Waals surface area contributed by atoms with E-state index in [9.17, 15) is 9.59 Å². The fourth-order valence-corrected chi connectivity index (χ4v) is 2.78. The molecular formula is C18H17BrN4O4. The average Bonchev–Trinajstić information content (AvgIpc) is 3.27. The number of hydrogen-bond donors (Lipinski definition) is 0. The Morgan fingerprint density at radius 1 is 0.926 bits per heavy atom. The third kappa shape index (κ3) is 4.82. The summed E-state index contributed by atoms with van der Waals surface area (Å²) in [5.41, 5.74) is 2.23. The molecule has 8 nitrogen and oxygen atoms in total. The summed E-state index contributed by atoms with van der Waals surface area (Å²) in [7, 11) is 3.44. The van der Waals surface area contributed by atoms with E-state index in [0.29, 0.717) is 11.1 Å². The molecule has 0 atom stereocenters. The van der Waals surface area contributed by atoms with E-state index in [4.69, 9.17) is 9.47 Å². The maximum atomic E-state index is 12.1. The third-order valence-corrected chi connectivity index (χ3v) is 4.26. The van der Waals surface area contributed by atoms with Gasteiger partial charge >= 0.3 is 11.9 Å². The molecule has 0 amide bonds. The summed E-state index contributed by atoms with van der Waals surface area (Å²) >= 11 is 3.40. The molecule has 0 unspecified atom stereocenters. The van der Waals surface area contributed by atoms with Crippen LogP contribution in [0.5, 0.6) is 0 Å². The molecular weight excluding hydrogens is 416 g/mol. The van der Waals surface area contributed by atoms with Gasteiger partial charge in [0.2, 0.25) is 0 Å². The minimum atomic E-state index is -0.471. The van der Waals surface area contributed by atoms with Gasteiger partial charge in [-0.15, -0.1) is 0 Å². The minimum absolute atomic E-state index is 0.0486. The molecule has 0 aliphatic heterocycles. The van der Waals surface area contributed by atoms with Gasteiger partial charge in [-0.25, -0.2) is 9.59 Å². The van der Waals surface area contributed by atoms with E-state index in [1.807, 2.05) is 18.2 Å². The first-order valence-electron chi connectivity index (χ1n) is 8.01. The van der Waals surface area contributed by atoms with Gasteiger partial charge in [0.05, 0.1) is 23.5 Å². The van der Waals surface area contributed by atoms with Gasteiger partial charge in [0.15, 0.2) is 0 Å². The molecule has 0 saturated carbocycles. The smallest absolute Gasteiger partial charge is 0.341 e. The lowest BCUT2D eigenvalue weighted by molar-refractivity contribution is 0.0435. The topological polar surface area (TPSA) is 88.2 Å². The van der Waals surface area contributed by atoms with Gasteiger partial charge in [0.25, 0.3) is 0 Å². The lowest BCUT2D eigenvalue weighted by Crippen LogP contribution is -2.09. The average molecular weight is 433 g/mol. The number of aromatic nitrogens is 4. The maximum Gasteiger partial charge on any atom is 0.341 e. The number of halogens is 1. The summed E-state index contributed by atoms with van der Waals surface area (Å²) in [5, 5.41) is 7.89. The number of benzene rings is 1. The van der Waals surface area contributed by atoms with Crippen LogP contribution in [0, 0.1) is 0 Å². The van der Waals surface area contributed by atoms with Gasteiger partial charge in [0.1, 0.15) is 13.2 Å². The highest BCUT2D eigenvalue weighted by atomic mass is 79.9. The third-order valence-electron chi connectivity index (χ3n) is 3.77. The molecule has 0 saturated heterocycles. The van der Waals surface area contributed by atoms with Crippen LogP contribution in [0.25, 0.3) is 0 Å². The van der Waals surface area contributed by atoms with E-state index in [1.54, 1.807) is 26.5 Å². The van der Waals surface area contributed by atoms with Crippen molar-refractivity contribution in [3.05, 3.63) is 69.7 Å². The van der Waals surface area contributed by atoms with Crippen molar-refractivity contribution in [2.24, 2.45) is 14.1 Å². The van der Waals surface area contributed by atoms with E-state index in [0.717, 1.165) is 15.6 Å². The Bertz CT molecular complexity index is 979. The molecule has 3 aromatic rings. The lowest BCUT2D eigenvalue weighted by atomic mass is 10.1. The first-order chi connectivity index (χ1) is 12.9. The zero-order valence-corrected chi connectivity index (χ0v) is 16.3. The molecule has 0 N–H and O–H groups in total. The van der Waals surface area contributed by atoms with E-state index in [2.05, 4.69) is 26.1 Å². The molecule has 140 valence electrons. The quantitative estimate of drug-likeness (QED) is 0.556. The van der Waals surface area contributed by atoms with Gasteiger partial charge in [-0.2, -0.15) is 10.2 Å². The van der Waals surface area contributed by atoms with Gasteiger partial charge in [-0.3, -0.25) is 9.36 Å². The predicted octanol–water partition coefficient (Wildman–Crippen LogP) is 2.63. The van der Waals surface area contributed by atoms with E-state index in [-0.39, 0.29) is 13.2 Å². The van der Waals surface area contributed by atoms with Gasteiger partial charge in [-0.05, 0) is 23.3 Å². The Kier molecular flexibility index (Phi) is 5.70. The fraction of sp³-hybridized carbons (Fsp3) is 0.222. The van der Waals surface area contributed by atoms with Gasteiger partial charge in [-0.1, -0.05) is 22.0 Å². The number of nitrogens with zero attached hydrogens (tertiary/aromatic N) is 4. The molecule has 2 aromatic heterocycles. The molecule has 9 heteroatoms.